The molecule has 40 heavy (non-hydrogen) atoms. The molecule has 0 N–H and O–H groups in total. The van der Waals surface area contributed by atoms with Crippen molar-refractivity contribution in [2.45, 2.75) is 85.1 Å². The molecule has 8 nitrogen and oxygen atoms in total. The lowest BCUT2D eigenvalue weighted by Crippen LogP contribution is -2.38. The number of halogens is 1. The number of aryl methyl sites for hydroxylation is 1. The molecule has 0 saturated carbocycles. The van der Waals surface area contributed by atoms with Gasteiger partial charge in [-0.3, -0.25) is 9.59 Å². The zero-order valence-electron chi connectivity index (χ0n) is 24.3. The third-order valence-corrected chi connectivity index (χ3v) is 7.69. The number of carbonyl (C=O) groups excluding carboxylic acids is 2. The molecule has 0 unspecified atom stereocenters. The first-order valence-electron chi connectivity index (χ1n) is 14.7. The van der Waals surface area contributed by atoms with Crippen LogP contribution in [0.3, 0.4) is 0 Å². The molecule has 0 spiro atoms. The van der Waals surface area contributed by atoms with Crippen LogP contribution in [0.15, 0.2) is 30.3 Å². The standard InChI is InChI=1S/C27H34FN5O.C4H8O2/c1-3-20-17-25(27(34)32-15-9-4-6-10-19(32)2)29-26-18-24(30-33(20)26)22-12-11-21(16-23(22)28)31-13-7-5-8-14-31;1-3-6-4(2)5/h11-12,16-19H,3-10,13-15H2,1-2H3;3H2,1-2H3/t19-;/m1./s1. The van der Waals surface area contributed by atoms with E-state index < -0.39 is 0 Å². The highest BCUT2D eigenvalue weighted by Gasteiger charge is 2.25. The summed E-state index contributed by atoms with van der Waals surface area (Å²) in [5.41, 5.74) is 3.86. The summed E-state index contributed by atoms with van der Waals surface area (Å²) in [7, 11) is 0. The molecule has 2 aromatic heterocycles. The van der Waals surface area contributed by atoms with Crippen LogP contribution in [0.5, 0.6) is 0 Å². The molecular formula is C31H42FN5O3. The number of fused-ring (bicyclic) bond motifs is 1. The van der Waals surface area contributed by atoms with Crippen molar-refractivity contribution in [3.63, 3.8) is 0 Å². The SMILES string of the molecule is CCOC(C)=O.CCc1cc(C(=O)N2CCCCC[C@H]2C)nc2cc(-c3ccc(N4CCCCC4)cc3F)nn12. The number of hydrogen-bond acceptors (Lipinski definition) is 6. The van der Waals surface area contributed by atoms with Gasteiger partial charge in [0.05, 0.1) is 12.3 Å². The molecule has 216 valence electrons. The highest BCUT2D eigenvalue weighted by molar-refractivity contribution is 5.93. The molecule has 1 amide bonds. The van der Waals surface area contributed by atoms with E-state index in [1.165, 1.54) is 13.3 Å². The number of anilines is 1. The number of likely N-dealkylation sites (tertiary alicyclic amines) is 1. The van der Waals surface area contributed by atoms with Crippen LogP contribution < -0.4 is 4.90 Å². The Morgan fingerprint density at radius 3 is 2.38 bits per heavy atom. The minimum atomic E-state index is -0.279. The van der Waals surface area contributed by atoms with Crippen molar-refractivity contribution in [1.82, 2.24) is 19.5 Å². The van der Waals surface area contributed by atoms with Crippen molar-refractivity contribution in [3.8, 4) is 11.3 Å². The first-order chi connectivity index (χ1) is 19.3. The number of piperidine rings is 1. The molecule has 1 aromatic carbocycles. The second-order valence-corrected chi connectivity index (χ2v) is 10.6. The smallest absolute Gasteiger partial charge is 0.302 e. The third-order valence-electron chi connectivity index (χ3n) is 7.69. The molecule has 2 saturated heterocycles. The summed E-state index contributed by atoms with van der Waals surface area (Å²) in [6.45, 7) is 10.5. The van der Waals surface area contributed by atoms with Crippen LogP contribution in [0, 0.1) is 5.82 Å². The first kappa shape index (κ1) is 29.5. The lowest BCUT2D eigenvalue weighted by Gasteiger charge is -2.28. The van der Waals surface area contributed by atoms with Gasteiger partial charge in [0.25, 0.3) is 5.91 Å². The van der Waals surface area contributed by atoms with Gasteiger partial charge in [0.2, 0.25) is 0 Å². The van der Waals surface area contributed by atoms with Crippen LogP contribution in [0.4, 0.5) is 10.1 Å². The maximum atomic E-state index is 15.2. The van der Waals surface area contributed by atoms with Crippen LogP contribution in [0.2, 0.25) is 0 Å². The molecule has 0 aliphatic carbocycles. The molecule has 2 fully saturated rings. The van der Waals surface area contributed by atoms with Gasteiger partial charge in [-0.05, 0) is 76.6 Å². The molecule has 2 aliphatic rings. The Labute approximate surface area is 236 Å². The summed E-state index contributed by atoms with van der Waals surface area (Å²) >= 11 is 0. The highest BCUT2D eigenvalue weighted by atomic mass is 19.1. The van der Waals surface area contributed by atoms with E-state index in [0.29, 0.717) is 35.6 Å². The van der Waals surface area contributed by atoms with E-state index in [1.54, 1.807) is 23.6 Å². The summed E-state index contributed by atoms with van der Waals surface area (Å²) in [6.07, 6.45) is 8.62. The van der Waals surface area contributed by atoms with Gasteiger partial charge in [-0.1, -0.05) is 19.8 Å². The Balaban J connectivity index is 0.000000557. The van der Waals surface area contributed by atoms with Gasteiger partial charge in [-0.15, -0.1) is 0 Å². The fourth-order valence-electron chi connectivity index (χ4n) is 5.52. The van der Waals surface area contributed by atoms with Crippen LogP contribution in [0.1, 0.15) is 88.8 Å². The van der Waals surface area contributed by atoms with Gasteiger partial charge in [0.15, 0.2) is 5.65 Å². The fourth-order valence-corrected chi connectivity index (χ4v) is 5.52. The molecular weight excluding hydrogens is 509 g/mol. The maximum Gasteiger partial charge on any atom is 0.302 e. The zero-order valence-corrected chi connectivity index (χ0v) is 24.3. The topological polar surface area (TPSA) is 80.0 Å². The largest absolute Gasteiger partial charge is 0.466 e. The fraction of sp³-hybridized carbons (Fsp3) is 0.548. The van der Waals surface area contributed by atoms with Gasteiger partial charge in [-0.2, -0.15) is 5.10 Å². The number of hydrogen-bond donors (Lipinski definition) is 0. The number of ether oxygens (including phenoxy) is 1. The molecule has 1 atom stereocenters. The minimum Gasteiger partial charge on any atom is -0.466 e. The van der Waals surface area contributed by atoms with E-state index >= 15 is 4.39 Å². The monoisotopic (exact) mass is 551 g/mol. The Hall–Kier alpha value is -3.49. The molecule has 2 aliphatic heterocycles. The average molecular weight is 552 g/mol. The minimum absolute atomic E-state index is 0.0218. The summed E-state index contributed by atoms with van der Waals surface area (Å²) in [5.74, 6) is -0.511. The second kappa shape index (κ2) is 13.7. The van der Waals surface area contributed by atoms with Crippen LogP contribution in [0.25, 0.3) is 16.9 Å². The molecule has 0 bridgehead atoms. The van der Waals surface area contributed by atoms with Crippen molar-refractivity contribution in [2.75, 3.05) is 31.1 Å². The summed E-state index contributed by atoms with van der Waals surface area (Å²) < 4.78 is 21.3. The van der Waals surface area contributed by atoms with Crippen molar-refractivity contribution < 1.29 is 18.7 Å². The van der Waals surface area contributed by atoms with E-state index in [4.69, 9.17) is 0 Å². The van der Waals surface area contributed by atoms with Gasteiger partial charge >= 0.3 is 5.97 Å². The van der Waals surface area contributed by atoms with Gasteiger partial charge in [0, 0.05) is 55.6 Å². The Morgan fingerprint density at radius 1 is 1.00 bits per heavy atom. The second-order valence-electron chi connectivity index (χ2n) is 10.6. The number of aromatic nitrogens is 3. The van der Waals surface area contributed by atoms with E-state index in [1.807, 2.05) is 30.0 Å². The molecule has 0 radical (unpaired) electrons. The normalized spacial score (nSPS) is 17.7. The average Bonchev–Trinajstić information content (AvgIpc) is 3.26. The Bertz CT molecular complexity index is 1320. The van der Waals surface area contributed by atoms with Crippen molar-refractivity contribution in [1.29, 1.82) is 0 Å². The lowest BCUT2D eigenvalue weighted by atomic mass is 10.1. The van der Waals surface area contributed by atoms with Crippen molar-refractivity contribution in [3.05, 3.63) is 47.5 Å². The Morgan fingerprint density at radius 2 is 1.73 bits per heavy atom. The maximum absolute atomic E-state index is 15.2. The molecule has 4 heterocycles. The van der Waals surface area contributed by atoms with Crippen molar-refractivity contribution >= 4 is 23.2 Å². The number of esters is 1. The van der Waals surface area contributed by atoms with Crippen molar-refractivity contribution in [2.24, 2.45) is 0 Å². The van der Waals surface area contributed by atoms with E-state index in [0.717, 1.165) is 69.5 Å². The summed E-state index contributed by atoms with van der Waals surface area (Å²) in [6, 6.07) is 9.27. The number of carbonyl (C=O) groups is 2. The predicted molar refractivity (Wildman–Crippen MR) is 155 cm³/mol. The van der Waals surface area contributed by atoms with E-state index in [2.05, 4.69) is 26.6 Å². The molecule has 9 heteroatoms. The number of nitrogens with zero attached hydrogens (tertiary/aromatic N) is 5. The lowest BCUT2D eigenvalue weighted by molar-refractivity contribution is -0.140. The van der Waals surface area contributed by atoms with Gasteiger partial charge < -0.3 is 14.5 Å². The van der Waals surface area contributed by atoms with Crippen LogP contribution in [-0.4, -0.2) is 63.7 Å². The molecule has 5 rings (SSSR count). The van der Waals surface area contributed by atoms with E-state index in [-0.39, 0.29) is 23.7 Å². The third kappa shape index (κ3) is 6.98. The van der Waals surface area contributed by atoms with Gasteiger partial charge in [0.1, 0.15) is 11.5 Å². The van der Waals surface area contributed by atoms with Crippen LogP contribution in [-0.2, 0) is 16.0 Å². The quantitative estimate of drug-likeness (QED) is 0.359. The molecule has 3 aromatic rings. The first-order valence-corrected chi connectivity index (χ1v) is 14.7. The van der Waals surface area contributed by atoms with Gasteiger partial charge in [-0.25, -0.2) is 13.9 Å². The summed E-state index contributed by atoms with van der Waals surface area (Å²) in [4.78, 5) is 32.1. The summed E-state index contributed by atoms with van der Waals surface area (Å²) in [5, 5.41) is 4.68. The highest BCUT2D eigenvalue weighted by Crippen LogP contribution is 2.29. The zero-order chi connectivity index (χ0) is 28.6. The predicted octanol–water partition coefficient (Wildman–Crippen LogP) is 6.06. The number of amides is 1. The number of rotatable bonds is 5. The number of benzene rings is 1. The Kier molecular flexibility index (Phi) is 10.1. The van der Waals surface area contributed by atoms with Crippen LogP contribution >= 0.6 is 0 Å². The van der Waals surface area contributed by atoms with E-state index in [9.17, 15) is 9.59 Å².